The van der Waals surface area contributed by atoms with E-state index < -0.39 is 5.41 Å². The van der Waals surface area contributed by atoms with Gasteiger partial charge < -0.3 is 5.11 Å². The van der Waals surface area contributed by atoms with E-state index in [1.54, 1.807) is 0 Å². The summed E-state index contributed by atoms with van der Waals surface area (Å²) < 4.78 is 0. The Bertz CT molecular complexity index is 364. The molecule has 76 valence electrons. The third-order valence-corrected chi connectivity index (χ3v) is 2.47. The molecule has 0 aromatic heterocycles. The predicted molar refractivity (Wildman–Crippen MR) is 62.1 cm³/mol. The van der Waals surface area contributed by atoms with Gasteiger partial charge in [0.1, 0.15) is 5.41 Å². The van der Waals surface area contributed by atoms with Crippen molar-refractivity contribution in [2.24, 2.45) is 0 Å². The zero-order valence-electron chi connectivity index (χ0n) is 8.61. The number of aliphatic hydroxyl groups is 1. The first-order chi connectivity index (χ1) is 7.29. The third kappa shape index (κ3) is 2.40. The maximum Gasteiger partial charge on any atom is 0.116 e. The monoisotopic (exact) mass is 198 g/mol. The van der Waals surface area contributed by atoms with Crippen LogP contribution in [0.25, 0.3) is 0 Å². The Morgan fingerprint density at radius 2 is 1.73 bits per heavy atom. The van der Waals surface area contributed by atoms with Crippen molar-refractivity contribution in [1.82, 2.24) is 0 Å². The van der Waals surface area contributed by atoms with E-state index >= 15 is 0 Å². The normalized spacial score (nSPS) is 10.3. The van der Waals surface area contributed by atoms with Gasteiger partial charge in [0.25, 0.3) is 0 Å². The van der Waals surface area contributed by atoms with Crippen LogP contribution in [0.4, 0.5) is 0 Å². The van der Waals surface area contributed by atoms with Crippen molar-refractivity contribution in [2.75, 3.05) is 6.61 Å². The quantitative estimate of drug-likeness (QED) is 0.733. The molecule has 0 atom stereocenters. The van der Waals surface area contributed by atoms with Crippen molar-refractivity contribution in [3.63, 3.8) is 0 Å². The van der Waals surface area contributed by atoms with Crippen molar-refractivity contribution in [3.05, 3.63) is 35.9 Å². The van der Waals surface area contributed by atoms with Crippen LogP contribution in [0.5, 0.6) is 0 Å². The standard InChI is InChI=1S/C14H14O/c1-3-14(4-2,11-8-12-15)13-9-6-5-7-10-13/h1-2,5-7,9-10,15H,8,11-12H2. The van der Waals surface area contributed by atoms with Crippen LogP contribution < -0.4 is 0 Å². The predicted octanol–water partition coefficient (Wildman–Crippen LogP) is 1.96. The zero-order chi connectivity index (χ0) is 11.1. The molecule has 0 amide bonds. The SMILES string of the molecule is C#CC(C#C)(CCCO)c1ccccc1. The molecule has 1 heteroatoms. The minimum atomic E-state index is -0.677. The van der Waals surface area contributed by atoms with E-state index in [-0.39, 0.29) is 6.61 Å². The van der Waals surface area contributed by atoms with Crippen LogP contribution in [0.15, 0.2) is 30.3 Å². The van der Waals surface area contributed by atoms with Crippen LogP contribution >= 0.6 is 0 Å². The molecule has 1 aromatic rings. The number of terminal acetylenes is 2. The van der Waals surface area contributed by atoms with Gasteiger partial charge in [0.2, 0.25) is 0 Å². The van der Waals surface area contributed by atoms with Crippen molar-refractivity contribution in [3.8, 4) is 24.7 Å². The summed E-state index contributed by atoms with van der Waals surface area (Å²) in [6.45, 7) is 0.109. The van der Waals surface area contributed by atoms with Crippen molar-refractivity contribution >= 4 is 0 Å². The second-order valence-electron chi connectivity index (χ2n) is 3.39. The minimum Gasteiger partial charge on any atom is -0.396 e. The first-order valence-corrected chi connectivity index (χ1v) is 4.91. The highest BCUT2D eigenvalue weighted by Crippen LogP contribution is 2.27. The van der Waals surface area contributed by atoms with Gasteiger partial charge in [-0.05, 0) is 18.4 Å². The molecule has 0 heterocycles. The number of hydrogen-bond donors (Lipinski definition) is 1. The molecule has 0 spiro atoms. The van der Waals surface area contributed by atoms with Crippen LogP contribution in [-0.4, -0.2) is 11.7 Å². The number of rotatable bonds is 4. The van der Waals surface area contributed by atoms with Crippen LogP contribution in [0.3, 0.4) is 0 Å². The molecular weight excluding hydrogens is 184 g/mol. The second kappa shape index (κ2) is 5.25. The first-order valence-electron chi connectivity index (χ1n) is 4.91. The molecule has 0 aliphatic rings. The molecule has 0 saturated heterocycles. The summed E-state index contributed by atoms with van der Waals surface area (Å²) in [5, 5.41) is 8.83. The molecule has 0 fully saturated rings. The van der Waals surface area contributed by atoms with Crippen LogP contribution in [0.1, 0.15) is 18.4 Å². The minimum absolute atomic E-state index is 0.109. The summed E-state index contributed by atoms with van der Waals surface area (Å²) in [4.78, 5) is 0. The van der Waals surface area contributed by atoms with Crippen molar-refractivity contribution in [1.29, 1.82) is 0 Å². The fourth-order valence-corrected chi connectivity index (χ4v) is 1.56. The lowest BCUT2D eigenvalue weighted by Gasteiger charge is -2.22. The average Bonchev–Trinajstić information content (AvgIpc) is 2.33. The number of hydrogen-bond acceptors (Lipinski definition) is 1. The number of aliphatic hydroxyl groups excluding tert-OH is 1. The maximum atomic E-state index is 8.83. The highest BCUT2D eigenvalue weighted by molar-refractivity contribution is 5.43. The Hall–Kier alpha value is -1.70. The second-order valence-corrected chi connectivity index (χ2v) is 3.39. The summed E-state index contributed by atoms with van der Waals surface area (Å²) >= 11 is 0. The van der Waals surface area contributed by atoms with Crippen LogP contribution in [0.2, 0.25) is 0 Å². The van der Waals surface area contributed by atoms with Gasteiger partial charge in [-0.1, -0.05) is 42.2 Å². The lowest BCUT2D eigenvalue weighted by atomic mass is 9.78. The fourth-order valence-electron chi connectivity index (χ4n) is 1.56. The van der Waals surface area contributed by atoms with Gasteiger partial charge in [-0.3, -0.25) is 0 Å². The highest BCUT2D eigenvalue weighted by Gasteiger charge is 2.26. The van der Waals surface area contributed by atoms with Crippen molar-refractivity contribution < 1.29 is 5.11 Å². The Morgan fingerprint density at radius 3 is 2.20 bits per heavy atom. The largest absolute Gasteiger partial charge is 0.396 e. The molecule has 0 aliphatic carbocycles. The average molecular weight is 198 g/mol. The molecule has 0 saturated carbocycles. The molecule has 1 N–H and O–H groups in total. The van der Waals surface area contributed by atoms with E-state index in [2.05, 4.69) is 11.8 Å². The molecule has 1 rings (SSSR count). The molecule has 15 heavy (non-hydrogen) atoms. The van der Waals surface area contributed by atoms with Gasteiger partial charge in [0, 0.05) is 6.61 Å². The van der Waals surface area contributed by atoms with Gasteiger partial charge >= 0.3 is 0 Å². The Kier molecular flexibility index (Phi) is 3.98. The Balaban J connectivity index is 3.03. The zero-order valence-corrected chi connectivity index (χ0v) is 8.61. The van der Waals surface area contributed by atoms with Gasteiger partial charge in [0.05, 0.1) is 0 Å². The Morgan fingerprint density at radius 1 is 1.13 bits per heavy atom. The summed E-state index contributed by atoms with van der Waals surface area (Å²) in [6, 6.07) is 9.61. The highest BCUT2D eigenvalue weighted by atomic mass is 16.2. The van der Waals surface area contributed by atoms with Gasteiger partial charge in [0.15, 0.2) is 0 Å². The van der Waals surface area contributed by atoms with E-state index in [0.29, 0.717) is 12.8 Å². The topological polar surface area (TPSA) is 20.2 Å². The lowest BCUT2D eigenvalue weighted by molar-refractivity contribution is 0.278. The molecule has 0 aliphatic heterocycles. The summed E-state index contributed by atoms with van der Waals surface area (Å²) in [5.74, 6) is 5.34. The van der Waals surface area contributed by atoms with E-state index in [1.807, 2.05) is 30.3 Å². The smallest absolute Gasteiger partial charge is 0.116 e. The molecule has 0 bridgehead atoms. The van der Waals surface area contributed by atoms with E-state index in [0.717, 1.165) is 5.56 Å². The molecule has 0 radical (unpaired) electrons. The molecule has 1 aromatic carbocycles. The maximum absolute atomic E-state index is 8.83. The van der Waals surface area contributed by atoms with E-state index in [4.69, 9.17) is 18.0 Å². The first kappa shape index (κ1) is 11.4. The molecular formula is C14H14O. The van der Waals surface area contributed by atoms with Gasteiger partial charge in [-0.2, -0.15) is 0 Å². The summed E-state index contributed by atoms with van der Waals surface area (Å²) in [7, 11) is 0. The third-order valence-electron chi connectivity index (χ3n) is 2.47. The fraction of sp³-hybridized carbons (Fsp3) is 0.286. The van der Waals surface area contributed by atoms with E-state index in [9.17, 15) is 0 Å². The number of benzene rings is 1. The van der Waals surface area contributed by atoms with Crippen LogP contribution in [0, 0.1) is 24.7 Å². The van der Waals surface area contributed by atoms with Gasteiger partial charge in [-0.25, -0.2) is 0 Å². The van der Waals surface area contributed by atoms with E-state index in [1.165, 1.54) is 0 Å². The van der Waals surface area contributed by atoms with Crippen LogP contribution in [-0.2, 0) is 5.41 Å². The Labute approximate surface area is 91.1 Å². The summed E-state index contributed by atoms with van der Waals surface area (Å²) in [5.41, 5.74) is 0.271. The lowest BCUT2D eigenvalue weighted by Crippen LogP contribution is -2.22. The van der Waals surface area contributed by atoms with Gasteiger partial charge in [-0.15, -0.1) is 12.8 Å². The molecule has 0 unspecified atom stereocenters. The summed E-state index contributed by atoms with van der Waals surface area (Å²) in [6.07, 6.45) is 12.3. The molecule has 1 nitrogen and oxygen atoms in total. The van der Waals surface area contributed by atoms with Crippen molar-refractivity contribution in [2.45, 2.75) is 18.3 Å².